The van der Waals surface area contributed by atoms with E-state index in [-0.39, 0.29) is 24.9 Å². The average Bonchev–Trinajstić information content (AvgIpc) is 3.06. The van der Waals surface area contributed by atoms with Crippen molar-refractivity contribution < 1.29 is 27.2 Å². The fourth-order valence-electron chi connectivity index (χ4n) is 2.37. The fourth-order valence-corrected chi connectivity index (χ4v) is 2.37. The number of carbonyl (C=O) groups is 1. The van der Waals surface area contributed by atoms with Crippen LogP contribution in [0.2, 0.25) is 0 Å². The summed E-state index contributed by atoms with van der Waals surface area (Å²) in [4.78, 5) is 16.6. The molecule has 0 bridgehead atoms. The monoisotopic (exact) mass is 341 g/mol. The van der Waals surface area contributed by atoms with Crippen LogP contribution < -0.4 is 0 Å². The molecule has 24 heavy (non-hydrogen) atoms. The number of nitrogens with zero attached hydrogens (tertiary/aromatic N) is 3. The van der Waals surface area contributed by atoms with Gasteiger partial charge in [-0.1, -0.05) is 5.16 Å². The highest BCUT2D eigenvalue weighted by Crippen LogP contribution is 2.34. The Morgan fingerprint density at radius 1 is 1.33 bits per heavy atom. The van der Waals surface area contributed by atoms with Gasteiger partial charge in [0, 0.05) is 19.0 Å². The van der Waals surface area contributed by atoms with Gasteiger partial charge in [-0.05, 0) is 24.3 Å². The summed E-state index contributed by atoms with van der Waals surface area (Å²) >= 11 is 0. The predicted molar refractivity (Wildman–Crippen MR) is 74.6 cm³/mol. The number of alkyl halides is 2. The first-order valence-corrected chi connectivity index (χ1v) is 7.23. The number of ether oxygens (including phenoxy) is 1. The second kappa shape index (κ2) is 6.23. The van der Waals surface area contributed by atoms with Gasteiger partial charge in [-0.15, -0.1) is 0 Å². The van der Waals surface area contributed by atoms with E-state index in [4.69, 9.17) is 9.26 Å². The van der Waals surface area contributed by atoms with Crippen LogP contribution in [0.3, 0.4) is 0 Å². The minimum Gasteiger partial charge on any atom is -0.365 e. The fraction of sp³-hybridized carbons (Fsp3) is 0.400. The molecule has 1 aromatic carbocycles. The van der Waals surface area contributed by atoms with E-state index in [1.54, 1.807) is 0 Å². The molecular weight excluding hydrogens is 327 g/mol. The van der Waals surface area contributed by atoms with Crippen LogP contribution in [0.1, 0.15) is 30.3 Å². The average molecular weight is 341 g/mol. The number of amides is 1. The highest BCUT2D eigenvalue weighted by molar-refractivity contribution is 5.73. The van der Waals surface area contributed by atoms with Crippen molar-refractivity contribution in [2.45, 2.75) is 19.0 Å². The summed E-state index contributed by atoms with van der Waals surface area (Å²) in [6.07, 6.45) is -0.757. The van der Waals surface area contributed by atoms with E-state index in [0.717, 1.165) is 24.3 Å². The molecule has 1 aliphatic rings. The second-order valence-corrected chi connectivity index (χ2v) is 5.36. The van der Waals surface area contributed by atoms with E-state index in [1.165, 1.54) is 11.8 Å². The van der Waals surface area contributed by atoms with E-state index >= 15 is 0 Å². The number of halogens is 3. The van der Waals surface area contributed by atoms with Gasteiger partial charge in [0.2, 0.25) is 11.7 Å². The van der Waals surface area contributed by atoms with Gasteiger partial charge in [-0.25, -0.2) is 4.39 Å². The van der Waals surface area contributed by atoms with Crippen molar-refractivity contribution in [3.8, 4) is 0 Å². The molecule has 128 valence electrons. The van der Waals surface area contributed by atoms with Crippen LogP contribution in [0.5, 0.6) is 0 Å². The topological polar surface area (TPSA) is 68.5 Å². The Morgan fingerprint density at radius 2 is 2.04 bits per heavy atom. The van der Waals surface area contributed by atoms with Gasteiger partial charge in [0.25, 0.3) is 5.89 Å². The molecule has 1 unspecified atom stereocenters. The molecule has 2 heterocycles. The van der Waals surface area contributed by atoms with Gasteiger partial charge in [-0.3, -0.25) is 4.79 Å². The summed E-state index contributed by atoms with van der Waals surface area (Å²) in [5.41, 5.74) is -0.453. The number of hydrogen-bond donors (Lipinski definition) is 0. The van der Waals surface area contributed by atoms with Crippen LogP contribution in [0.15, 0.2) is 28.8 Å². The molecule has 1 saturated heterocycles. The third kappa shape index (κ3) is 3.12. The molecular formula is C15H14F3N3O3. The zero-order valence-corrected chi connectivity index (χ0v) is 12.7. The zero-order chi connectivity index (χ0) is 17.3. The molecule has 1 aliphatic heterocycles. The summed E-state index contributed by atoms with van der Waals surface area (Å²) in [5.74, 6) is -5.28. The summed E-state index contributed by atoms with van der Waals surface area (Å²) in [5, 5.41) is 3.32. The van der Waals surface area contributed by atoms with Crippen LogP contribution in [0.4, 0.5) is 13.2 Å². The van der Waals surface area contributed by atoms with E-state index in [1.807, 2.05) is 0 Å². The van der Waals surface area contributed by atoms with Crippen molar-refractivity contribution in [3.63, 3.8) is 0 Å². The normalized spacial score (nSPS) is 18.7. The zero-order valence-electron chi connectivity index (χ0n) is 12.7. The van der Waals surface area contributed by atoms with Gasteiger partial charge >= 0.3 is 5.92 Å². The third-order valence-corrected chi connectivity index (χ3v) is 3.72. The predicted octanol–water partition coefficient (Wildman–Crippen LogP) is 2.27. The summed E-state index contributed by atoms with van der Waals surface area (Å²) in [6.45, 7) is 2.22. The molecule has 0 N–H and O–H groups in total. The molecule has 1 aromatic heterocycles. The Hall–Kier alpha value is -2.42. The third-order valence-electron chi connectivity index (χ3n) is 3.72. The van der Waals surface area contributed by atoms with Gasteiger partial charge in [0.05, 0.1) is 13.2 Å². The van der Waals surface area contributed by atoms with Crippen molar-refractivity contribution >= 4 is 5.91 Å². The van der Waals surface area contributed by atoms with Gasteiger partial charge in [0.1, 0.15) is 5.82 Å². The molecule has 1 atom stereocenters. The number of benzene rings is 1. The maximum Gasteiger partial charge on any atom is 0.335 e. The summed E-state index contributed by atoms with van der Waals surface area (Å²) < 4.78 is 52.0. The molecule has 2 aromatic rings. The first-order valence-electron chi connectivity index (χ1n) is 7.23. The molecule has 0 aliphatic carbocycles. The number of hydrogen-bond acceptors (Lipinski definition) is 5. The van der Waals surface area contributed by atoms with Gasteiger partial charge < -0.3 is 14.2 Å². The lowest BCUT2D eigenvalue weighted by atomic mass is 10.1. The molecule has 0 radical (unpaired) electrons. The largest absolute Gasteiger partial charge is 0.365 e. The lowest BCUT2D eigenvalue weighted by Gasteiger charge is -2.30. The maximum atomic E-state index is 14.4. The molecule has 6 nitrogen and oxygen atoms in total. The van der Waals surface area contributed by atoms with E-state index < -0.39 is 29.2 Å². The Bertz CT molecular complexity index is 733. The molecule has 3 rings (SSSR count). The molecule has 0 saturated carbocycles. The van der Waals surface area contributed by atoms with E-state index in [9.17, 15) is 18.0 Å². The molecule has 1 fully saturated rings. The van der Waals surface area contributed by atoms with Gasteiger partial charge in [0.15, 0.2) is 6.10 Å². The quantitative estimate of drug-likeness (QED) is 0.857. The van der Waals surface area contributed by atoms with Gasteiger partial charge in [-0.2, -0.15) is 13.8 Å². The molecule has 1 amide bonds. The van der Waals surface area contributed by atoms with Crippen molar-refractivity contribution in [3.05, 3.63) is 47.4 Å². The van der Waals surface area contributed by atoms with Crippen molar-refractivity contribution in [1.82, 2.24) is 15.0 Å². The second-order valence-electron chi connectivity index (χ2n) is 5.36. The lowest BCUT2D eigenvalue weighted by Crippen LogP contribution is -2.41. The summed E-state index contributed by atoms with van der Waals surface area (Å²) in [7, 11) is 0. The van der Waals surface area contributed by atoms with Crippen molar-refractivity contribution in [2.75, 3.05) is 19.7 Å². The van der Waals surface area contributed by atoms with Crippen LogP contribution in [-0.4, -0.2) is 40.6 Å². The first-order chi connectivity index (χ1) is 11.4. The minimum atomic E-state index is -3.54. The highest BCUT2D eigenvalue weighted by Gasteiger charge is 2.41. The minimum absolute atomic E-state index is 0.127. The molecule has 0 spiro atoms. The Morgan fingerprint density at radius 3 is 2.71 bits per heavy atom. The Balaban J connectivity index is 1.82. The first kappa shape index (κ1) is 16.4. The van der Waals surface area contributed by atoms with E-state index in [0.29, 0.717) is 6.54 Å². The number of rotatable bonds is 3. The van der Waals surface area contributed by atoms with Crippen LogP contribution in [-0.2, 0) is 15.5 Å². The highest BCUT2D eigenvalue weighted by atomic mass is 19.3. The standard InChI is InChI=1S/C15H14F3N3O3/c1-9(22)21-6-7-23-12(8-21)13-19-14(20-24-13)15(17,18)10-2-4-11(16)5-3-10/h2-5,12H,6-8H2,1H3. The SMILES string of the molecule is CC(=O)N1CCOC(c2nc(C(F)(F)c3ccc(F)cc3)no2)C1. The summed E-state index contributed by atoms with van der Waals surface area (Å²) in [6, 6.07) is 3.78. The van der Waals surface area contributed by atoms with Crippen molar-refractivity contribution in [1.29, 1.82) is 0 Å². The Labute approximate surface area is 135 Å². The Kier molecular flexibility index (Phi) is 4.27. The van der Waals surface area contributed by atoms with Crippen molar-refractivity contribution in [2.24, 2.45) is 0 Å². The number of aromatic nitrogens is 2. The number of morpholine rings is 1. The number of carbonyl (C=O) groups excluding carboxylic acids is 1. The van der Waals surface area contributed by atoms with Crippen LogP contribution in [0, 0.1) is 5.82 Å². The lowest BCUT2D eigenvalue weighted by molar-refractivity contribution is -0.137. The van der Waals surface area contributed by atoms with Crippen LogP contribution in [0.25, 0.3) is 0 Å². The smallest absolute Gasteiger partial charge is 0.335 e. The van der Waals surface area contributed by atoms with E-state index in [2.05, 4.69) is 10.1 Å². The maximum absolute atomic E-state index is 14.4. The van der Waals surface area contributed by atoms with Crippen LogP contribution >= 0.6 is 0 Å². The molecule has 9 heteroatoms.